The Morgan fingerprint density at radius 2 is 2.25 bits per heavy atom. The summed E-state index contributed by atoms with van der Waals surface area (Å²) in [7, 11) is 2.20. The summed E-state index contributed by atoms with van der Waals surface area (Å²) in [5.41, 5.74) is 1.19. The summed E-state index contributed by atoms with van der Waals surface area (Å²) in [6, 6.07) is 3.34. The quantitative estimate of drug-likeness (QED) is 0.831. The van der Waals surface area contributed by atoms with Crippen LogP contribution in [0.4, 0.5) is 0 Å². The Kier molecular flexibility index (Phi) is 4.76. The second-order valence-electron chi connectivity index (χ2n) is 6.17. The highest BCUT2D eigenvalue weighted by Crippen LogP contribution is 2.21. The predicted molar refractivity (Wildman–Crippen MR) is 78.5 cm³/mol. The monoisotopic (exact) mass is 278 g/mol. The summed E-state index contributed by atoms with van der Waals surface area (Å²) in [6.45, 7) is 3.54. The minimum Gasteiger partial charge on any atom is -0.468 e. The molecular weight excluding hydrogens is 252 g/mol. The topological polar surface area (TPSA) is 37.6 Å². The number of likely N-dealkylation sites (N-methyl/N-ethyl adjacent to an activating group) is 1. The van der Waals surface area contributed by atoms with Crippen LogP contribution >= 0.6 is 0 Å². The normalized spacial score (nSPS) is 24.1. The van der Waals surface area contributed by atoms with E-state index in [2.05, 4.69) is 17.3 Å². The van der Waals surface area contributed by atoms with Crippen molar-refractivity contribution in [1.29, 1.82) is 0 Å². The Morgan fingerprint density at radius 1 is 1.35 bits per heavy atom. The molecule has 112 valence electrons. The fraction of sp³-hybridized carbons (Fsp3) is 0.750. The highest BCUT2D eigenvalue weighted by molar-refractivity contribution is 5.16. The zero-order chi connectivity index (χ0) is 13.8. The van der Waals surface area contributed by atoms with Gasteiger partial charge in [0, 0.05) is 17.6 Å². The van der Waals surface area contributed by atoms with E-state index in [0.717, 1.165) is 18.9 Å². The first-order valence-corrected chi connectivity index (χ1v) is 7.89. The van der Waals surface area contributed by atoms with Gasteiger partial charge < -0.3 is 19.4 Å². The van der Waals surface area contributed by atoms with Gasteiger partial charge in [-0.3, -0.25) is 0 Å². The van der Waals surface area contributed by atoms with E-state index in [1.807, 2.05) is 6.07 Å². The molecule has 0 radical (unpaired) electrons. The van der Waals surface area contributed by atoms with Gasteiger partial charge >= 0.3 is 0 Å². The van der Waals surface area contributed by atoms with Crippen molar-refractivity contribution >= 4 is 0 Å². The summed E-state index contributed by atoms with van der Waals surface area (Å²) in [5.74, 6) is 1.04. The average Bonchev–Trinajstić information content (AvgIpc) is 3.18. The van der Waals surface area contributed by atoms with Gasteiger partial charge in [0.2, 0.25) is 0 Å². The van der Waals surface area contributed by atoms with Gasteiger partial charge in [0.15, 0.2) is 0 Å². The molecule has 0 bridgehead atoms. The molecule has 2 heterocycles. The maximum absolute atomic E-state index is 5.92. The van der Waals surface area contributed by atoms with Gasteiger partial charge in [-0.2, -0.15) is 0 Å². The van der Waals surface area contributed by atoms with Crippen LogP contribution in [0.25, 0.3) is 0 Å². The number of rotatable bonds is 7. The lowest BCUT2D eigenvalue weighted by molar-refractivity contribution is 0.0438. The van der Waals surface area contributed by atoms with Crippen LogP contribution in [0.5, 0.6) is 0 Å². The number of ether oxygens (including phenoxy) is 1. The van der Waals surface area contributed by atoms with Gasteiger partial charge in [-0.15, -0.1) is 0 Å². The molecule has 2 aliphatic rings. The van der Waals surface area contributed by atoms with Gasteiger partial charge in [-0.1, -0.05) is 6.42 Å². The summed E-state index contributed by atoms with van der Waals surface area (Å²) in [5, 5.41) is 3.49. The van der Waals surface area contributed by atoms with Crippen LogP contribution in [-0.4, -0.2) is 37.2 Å². The van der Waals surface area contributed by atoms with E-state index in [-0.39, 0.29) is 0 Å². The van der Waals surface area contributed by atoms with Crippen LogP contribution < -0.4 is 5.32 Å². The first-order chi connectivity index (χ1) is 9.83. The first kappa shape index (κ1) is 14.1. The number of likely N-dealkylation sites (tertiary alicyclic amines) is 1. The van der Waals surface area contributed by atoms with Gasteiger partial charge in [0.1, 0.15) is 5.76 Å². The lowest BCUT2D eigenvalue weighted by Crippen LogP contribution is -2.39. The smallest absolute Gasteiger partial charge is 0.123 e. The number of hydrogen-bond acceptors (Lipinski definition) is 4. The van der Waals surface area contributed by atoms with Crippen molar-refractivity contribution < 1.29 is 9.15 Å². The van der Waals surface area contributed by atoms with E-state index in [0.29, 0.717) is 18.7 Å². The summed E-state index contributed by atoms with van der Waals surface area (Å²) in [4.78, 5) is 2.43. The number of hydrogen-bond donors (Lipinski definition) is 1. The molecule has 2 fully saturated rings. The van der Waals surface area contributed by atoms with Crippen LogP contribution in [0.3, 0.4) is 0 Å². The molecule has 1 saturated carbocycles. The molecule has 4 heteroatoms. The van der Waals surface area contributed by atoms with Crippen LogP contribution in [0.1, 0.15) is 43.4 Å². The molecule has 1 atom stereocenters. The highest BCUT2D eigenvalue weighted by Gasteiger charge is 2.22. The Labute approximate surface area is 121 Å². The Hall–Kier alpha value is -0.840. The predicted octanol–water partition coefficient (Wildman–Crippen LogP) is 2.53. The van der Waals surface area contributed by atoms with Crippen LogP contribution in [0.2, 0.25) is 0 Å². The molecule has 1 unspecified atom stereocenters. The largest absolute Gasteiger partial charge is 0.468 e. The number of nitrogens with one attached hydrogen (secondary N) is 1. The SMILES string of the molecule is CN1CCCCC1COCc1ccoc1CNC1CC1. The van der Waals surface area contributed by atoms with Gasteiger partial charge in [-0.25, -0.2) is 0 Å². The fourth-order valence-corrected chi connectivity index (χ4v) is 2.83. The minimum atomic E-state index is 0.587. The van der Waals surface area contributed by atoms with Crippen molar-refractivity contribution in [2.45, 2.75) is 57.3 Å². The fourth-order valence-electron chi connectivity index (χ4n) is 2.83. The molecule has 0 aromatic carbocycles. The van der Waals surface area contributed by atoms with Crippen molar-refractivity contribution in [2.24, 2.45) is 0 Å². The van der Waals surface area contributed by atoms with Crippen molar-refractivity contribution in [3.8, 4) is 0 Å². The lowest BCUT2D eigenvalue weighted by Gasteiger charge is -2.32. The molecule has 0 amide bonds. The molecule has 1 aromatic rings. The molecule has 1 aromatic heterocycles. The van der Waals surface area contributed by atoms with E-state index >= 15 is 0 Å². The summed E-state index contributed by atoms with van der Waals surface area (Å²) < 4.78 is 11.5. The minimum absolute atomic E-state index is 0.587. The van der Waals surface area contributed by atoms with Crippen LogP contribution in [-0.2, 0) is 17.9 Å². The maximum atomic E-state index is 5.92. The zero-order valence-electron chi connectivity index (χ0n) is 12.4. The third-order valence-corrected chi connectivity index (χ3v) is 4.46. The molecule has 4 nitrogen and oxygen atoms in total. The Balaban J connectivity index is 1.42. The van der Waals surface area contributed by atoms with E-state index in [4.69, 9.17) is 9.15 Å². The summed E-state index contributed by atoms with van der Waals surface area (Å²) >= 11 is 0. The Bertz CT molecular complexity index is 414. The summed E-state index contributed by atoms with van der Waals surface area (Å²) in [6.07, 6.45) is 8.31. The molecule has 1 aliphatic heterocycles. The van der Waals surface area contributed by atoms with Gasteiger partial charge in [0.05, 0.1) is 26.0 Å². The highest BCUT2D eigenvalue weighted by atomic mass is 16.5. The number of furan rings is 1. The van der Waals surface area contributed by atoms with E-state index in [1.165, 1.54) is 44.2 Å². The van der Waals surface area contributed by atoms with Crippen LogP contribution in [0, 0.1) is 0 Å². The van der Waals surface area contributed by atoms with E-state index in [9.17, 15) is 0 Å². The first-order valence-electron chi connectivity index (χ1n) is 7.89. The standard InChI is InChI=1S/C16H26N2O2/c1-18-8-3-2-4-15(18)12-19-11-13-7-9-20-16(13)10-17-14-5-6-14/h7,9,14-15,17H,2-6,8,10-12H2,1H3. The van der Waals surface area contributed by atoms with E-state index < -0.39 is 0 Å². The average molecular weight is 278 g/mol. The number of piperidine rings is 1. The molecule has 0 spiro atoms. The third kappa shape index (κ3) is 3.84. The second-order valence-corrected chi connectivity index (χ2v) is 6.17. The van der Waals surface area contributed by atoms with E-state index in [1.54, 1.807) is 6.26 Å². The molecule has 1 aliphatic carbocycles. The maximum Gasteiger partial charge on any atom is 0.123 e. The Morgan fingerprint density at radius 3 is 3.05 bits per heavy atom. The van der Waals surface area contributed by atoms with Crippen molar-refractivity contribution in [3.05, 3.63) is 23.7 Å². The molecule has 1 saturated heterocycles. The zero-order valence-corrected chi connectivity index (χ0v) is 12.4. The van der Waals surface area contributed by atoms with Crippen LogP contribution in [0.15, 0.2) is 16.7 Å². The third-order valence-electron chi connectivity index (χ3n) is 4.46. The van der Waals surface area contributed by atoms with Crippen molar-refractivity contribution in [1.82, 2.24) is 10.2 Å². The second kappa shape index (κ2) is 6.74. The number of nitrogens with zero attached hydrogens (tertiary/aromatic N) is 1. The van der Waals surface area contributed by atoms with Gasteiger partial charge in [0.25, 0.3) is 0 Å². The molecule has 3 rings (SSSR count). The molecule has 1 N–H and O–H groups in total. The lowest BCUT2D eigenvalue weighted by atomic mass is 10.0. The van der Waals surface area contributed by atoms with Gasteiger partial charge in [-0.05, 0) is 45.3 Å². The molecule has 20 heavy (non-hydrogen) atoms. The molecular formula is C16H26N2O2. The van der Waals surface area contributed by atoms with Crippen molar-refractivity contribution in [3.63, 3.8) is 0 Å². The van der Waals surface area contributed by atoms with Crippen molar-refractivity contribution in [2.75, 3.05) is 20.2 Å².